The zero-order valence-electron chi connectivity index (χ0n) is 7.12. The van der Waals surface area contributed by atoms with E-state index in [1.54, 1.807) is 7.11 Å². The molecular formula is C9H13NO2. The van der Waals surface area contributed by atoms with E-state index in [-0.39, 0.29) is 0 Å². The van der Waals surface area contributed by atoms with Crippen molar-refractivity contribution in [3.63, 3.8) is 0 Å². The Kier molecular flexibility index (Phi) is 3.57. The molecule has 1 rings (SSSR count). The number of methoxy groups -OCH3 is 1. The number of furan rings is 1. The minimum absolute atomic E-state index is 0.510. The third kappa shape index (κ3) is 2.53. The SMILES string of the molecule is COCc1ccc(C=CCN)o1. The Morgan fingerprint density at radius 2 is 2.42 bits per heavy atom. The van der Waals surface area contributed by atoms with Crippen molar-refractivity contribution >= 4 is 6.08 Å². The van der Waals surface area contributed by atoms with Gasteiger partial charge in [0.25, 0.3) is 0 Å². The maximum atomic E-state index is 5.36. The predicted molar refractivity (Wildman–Crippen MR) is 47.5 cm³/mol. The molecule has 2 N–H and O–H groups in total. The van der Waals surface area contributed by atoms with Crippen LogP contribution in [-0.4, -0.2) is 13.7 Å². The van der Waals surface area contributed by atoms with Crippen molar-refractivity contribution in [2.24, 2.45) is 5.73 Å². The monoisotopic (exact) mass is 167 g/mol. The Bertz CT molecular complexity index is 253. The molecule has 0 spiro atoms. The molecule has 0 amide bonds. The van der Waals surface area contributed by atoms with Gasteiger partial charge in [0.15, 0.2) is 0 Å². The summed E-state index contributed by atoms with van der Waals surface area (Å²) in [6.07, 6.45) is 3.69. The van der Waals surface area contributed by atoms with Crippen LogP contribution in [0.4, 0.5) is 0 Å². The molecule has 0 aliphatic heterocycles. The Morgan fingerprint density at radius 3 is 3.08 bits per heavy atom. The molecule has 3 heteroatoms. The van der Waals surface area contributed by atoms with Crippen LogP contribution in [0, 0.1) is 0 Å². The fourth-order valence-electron chi connectivity index (χ4n) is 0.888. The van der Waals surface area contributed by atoms with Gasteiger partial charge >= 0.3 is 0 Å². The molecule has 1 aromatic rings. The summed E-state index contributed by atoms with van der Waals surface area (Å²) in [4.78, 5) is 0. The Hall–Kier alpha value is -1.06. The van der Waals surface area contributed by atoms with Crippen LogP contribution in [0.15, 0.2) is 22.6 Å². The fourth-order valence-corrected chi connectivity index (χ4v) is 0.888. The van der Waals surface area contributed by atoms with E-state index < -0.39 is 0 Å². The topological polar surface area (TPSA) is 48.4 Å². The van der Waals surface area contributed by atoms with Crippen molar-refractivity contribution in [3.8, 4) is 0 Å². The third-order valence-corrected chi connectivity index (χ3v) is 1.39. The molecule has 0 saturated heterocycles. The van der Waals surface area contributed by atoms with Crippen molar-refractivity contribution < 1.29 is 9.15 Å². The molecule has 1 aromatic heterocycles. The van der Waals surface area contributed by atoms with Gasteiger partial charge in [0.1, 0.15) is 18.1 Å². The first-order valence-electron chi connectivity index (χ1n) is 3.81. The van der Waals surface area contributed by atoms with Crippen molar-refractivity contribution in [1.82, 2.24) is 0 Å². The molecular weight excluding hydrogens is 154 g/mol. The van der Waals surface area contributed by atoms with Gasteiger partial charge in [0, 0.05) is 13.7 Å². The van der Waals surface area contributed by atoms with E-state index in [4.69, 9.17) is 14.9 Å². The summed E-state index contributed by atoms with van der Waals surface area (Å²) in [7, 11) is 1.64. The molecule has 0 unspecified atom stereocenters. The molecule has 0 radical (unpaired) electrons. The average molecular weight is 167 g/mol. The van der Waals surface area contributed by atoms with Crippen LogP contribution in [0.25, 0.3) is 6.08 Å². The molecule has 0 aromatic carbocycles. The third-order valence-electron chi connectivity index (χ3n) is 1.39. The van der Waals surface area contributed by atoms with E-state index in [0.29, 0.717) is 13.2 Å². The highest BCUT2D eigenvalue weighted by atomic mass is 16.5. The highest BCUT2D eigenvalue weighted by molar-refractivity contribution is 5.42. The van der Waals surface area contributed by atoms with Crippen LogP contribution in [0.5, 0.6) is 0 Å². The molecule has 0 atom stereocenters. The number of rotatable bonds is 4. The zero-order chi connectivity index (χ0) is 8.81. The van der Waals surface area contributed by atoms with E-state index in [1.807, 2.05) is 24.3 Å². The highest BCUT2D eigenvalue weighted by Gasteiger charge is 1.96. The van der Waals surface area contributed by atoms with Gasteiger partial charge < -0.3 is 14.9 Å². The van der Waals surface area contributed by atoms with Gasteiger partial charge in [0.05, 0.1) is 0 Å². The summed E-state index contributed by atoms with van der Waals surface area (Å²) < 4.78 is 10.3. The number of hydrogen-bond donors (Lipinski definition) is 1. The summed E-state index contributed by atoms with van der Waals surface area (Å²) >= 11 is 0. The van der Waals surface area contributed by atoms with E-state index in [0.717, 1.165) is 11.5 Å². The van der Waals surface area contributed by atoms with Gasteiger partial charge in [-0.2, -0.15) is 0 Å². The van der Waals surface area contributed by atoms with Crippen LogP contribution in [0.2, 0.25) is 0 Å². The van der Waals surface area contributed by atoms with Crippen molar-refractivity contribution in [3.05, 3.63) is 29.7 Å². The zero-order valence-corrected chi connectivity index (χ0v) is 7.12. The van der Waals surface area contributed by atoms with Crippen LogP contribution in [0.1, 0.15) is 11.5 Å². The highest BCUT2D eigenvalue weighted by Crippen LogP contribution is 2.09. The van der Waals surface area contributed by atoms with Crippen molar-refractivity contribution in [2.45, 2.75) is 6.61 Å². The molecule has 0 fully saturated rings. The van der Waals surface area contributed by atoms with Gasteiger partial charge in [0.2, 0.25) is 0 Å². The molecule has 0 aliphatic rings. The summed E-state index contributed by atoms with van der Waals surface area (Å²) in [5, 5.41) is 0. The summed E-state index contributed by atoms with van der Waals surface area (Å²) in [5.41, 5.74) is 5.29. The van der Waals surface area contributed by atoms with Crippen LogP contribution < -0.4 is 5.73 Å². The van der Waals surface area contributed by atoms with Crippen LogP contribution >= 0.6 is 0 Å². The second-order valence-electron chi connectivity index (χ2n) is 2.38. The Balaban J connectivity index is 2.57. The maximum absolute atomic E-state index is 5.36. The minimum atomic E-state index is 0.510. The van der Waals surface area contributed by atoms with Crippen molar-refractivity contribution in [2.75, 3.05) is 13.7 Å². The fraction of sp³-hybridized carbons (Fsp3) is 0.333. The quantitative estimate of drug-likeness (QED) is 0.737. The van der Waals surface area contributed by atoms with E-state index in [2.05, 4.69) is 0 Å². The molecule has 1 heterocycles. The second kappa shape index (κ2) is 4.74. The van der Waals surface area contributed by atoms with E-state index in [9.17, 15) is 0 Å². The predicted octanol–water partition coefficient (Wildman–Crippen LogP) is 1.40. The lowest BCUT2D eigenvalue weighted by Gasteiger charge is -1.91. The standard InChI is InChI=1S/C9H13NO2/c1-11-7-9-5-4-8(12-9)3-2-6-10/h2-5H,6-7,10H2,1H3. The first-order chi connectivity index (χ1) is 5.86. The molecule has 0 saturated carbocycles. The molecule has 66 valence electrons. The molecule has 0 bridgehead atoms. The van der Waals surface area contributed by atoms with Gasteiger partial charge in [-0.05, 0) is 18.2 Å². The molecule has 12 heavy (non-hydrogen) atoms. The van der Waals surface area contributed by atoms with Gasteiger partial charge in [-0.3, -0.25) is 0 Å². The number of nitrogens with two attached hydrogens (primary N) is 1. The molecule has 0 aliphatic carbocycles. The summed E-state index contributed by atoms with van der Waals surface area (Å²) in [6.45, 7) is 1.04. The minimum Gasteiger partial charge on any atom is -0.459 e. The first-order valence-corrected chi connectivity index (χ1v) is 3.81. The van der Waals surface area contributed by atoms with Gasteiger partial charge in [-0.25, -0.2) is 0 Å². The van der Waals surface area contributed by atoms with E-state index in [1.165, 1.54) is 0 Å². The lowest BCUT2D eigenvalue weighted by Crippen LogP contribution is -1.91. The van der Waals surface area contributed by atoms with Crippen LogP contribution in [-0.2, 0) is 11.3 Å². The number of ether oxygens (including phenoxy) is 1. The summed E-state index contributed by atoms with van der Waals surface area (Å²) in [5.74, 6) is 1.64. The largest absolute Gasteiger partial charge is 0.459 e. The molecule has 3 nitrogen and oxygen atoms in total. The average Bonchev–Trinajstić information content (AvgIpc) is 2.50. The first kappa shape index (κ1) is 9.03. The smallest absolute Gasteiger partial charge is 0.130 e. The summed E-state index contributed by atoms with van der Waals surface area (Å²) in [6, 6.07) is 3.78. The second-order valence-corrected chi connectivity index (χ2v) is 2.38. The van der Waals surface area contributed by atoms with Gasteiger partial charge in [-0.15, -0.1) is 0 Å². The lowest BCUT2D eigenvalue weighted by atomic mass is 10.4. The van der Waals surface area contributed by atoms with Gasteiger partial charge in [-0.1, -0.05) is 6.08 Å². The van der Waals surface area contributed by atoms with E-state index >= 15 is 0 Å². The van der Waals surface area contributed by atoms with Crippen LogP contribution in [0.3, 0.4) is 0 Å². The normalized spacial score (nSPS) is 11.2. The van der Waals surface area contributed by atoms with Crippen molar-refractivity contribution in [1.29, 1.82) is 0 Å². The maximum Gasteiger partial charge on any atom is 0.130 e. The lowest BCUT2D eigenvalue weighted by molar-refractivity contribution is 0.164. The Labute approximate surface area is 71.8 Å². The number of hydrogen-bond acceptors (Lipinski definition) is 3. The Morgan fingerprint density at radius 1 is 1.58 bits per heavy atom.